The summed E-state index contributed by atoms with van der Waals surface area (Å²) in [6, 6.07) is 10.8. The van der Waals surface area contributed by atoms with Crippen LogP contribution in [0.4, 0.5) is 5.69 Å². The lowest BCUT2D eigenvalue weighted by Gasteiger charge is -2.08. The van der Waals surface area contributed by atoms with Crippen LogP contribution in [-0.4, -0.2) is 10.9 Å². The summed E-state index contributed by atoms with van der Waals surface area (Å²) in [7, 11) is 0. The first-order chi connectivity index (χ1) is 8.31. The van der Waals surface area contributed by atoms with Gasteiger partial charge >= 0.3 is 0 Å². The van der Waals surface area contributed by atoms with Crippen LogP contribution in [-0.2, 0) is 6.54 Å². The predicted molar refractivity (Wildman–Crippen MR) is 66.5 cm³/mol. The van der Waals surface area contributed by atoms with Gasteiger partial charge in [-0.2, -0.15) is 0 Å². The third kappa shape index (κ3) is 2.68. The molecule has 3 N–H and O–H groups in total. The van der Waals surface area contributed by atoms with Crippen molar-refractivity contribution in [3.8, 4) is 0 Å². The molecule has 0 radical (unpaired) electrons. The number of rotatable bonds is 3. The number of anilines is 1. The Labute approximate surface area is 99.5 Å². The number of aromatic nitrogens is 1. The van der Waals surface area contributed by atoms with Crippen LogP contribution in [0, 0.1) is 0 Å². The highest BCUT2D eigenvalue weighted by molar-refractivity contribution is 6.05. The van der Waals surface area contributed by atoms with Crippen LogP contribution < -0.4 is 11.1 Å². The zero-order valence-corrected chi connectivity index (χ0v) is 9.26. The number of hydrogen-bond donors (Lipinski definition) is 2. The van der Waals surface area contributed by atoms with E-state index in [0.29, 0.717) is 12.1 Å². The van der Waals surface area contributed by atoms with Crippen LogP contribution in [0.2, 0.25) is 0 Å². The highest BCUT2D eigenvalue weighted by Crippen LogP contribution is 2.11. The largest absolute Gasteiger partial charge is 0.326 e. The second-order valence-electron chi connectivity index (χ2n) is 3.55. The molecule has 0 saturated heterocycles. The van der Waals surface area contributed by atoms with Gasteiger partial charge in [0.1, 0.15) is 0 Å². The quantitative estimate of drug-likeness (QED) is 0.840. The first-order valence-corrected chi connectivity index (χ1v) is 5.30. The third-order valence-electron chi connectivity index (χ3n) is 2.42. The minimum Gasteiger partial charge on any atom is -0.326 e. The van der Waals surface area contributed by atoms with E-state index in [1.807, 2.05) is 18.2 Å². The van der Waals surface area contributed by atoms with Gasteiger partial charge in [-0.25, -0.2) is 0 Å². The topological polar surface area (TPSA) is 68.0 Å². The normalized spacial score (nSPS) is 9.94. The zero-order chi connectivity index (χ0) is 12.1. The monoisotopic (exact) mass is 227 g/mol. The fraction of sp³-hybridized carbons (Fsp3) is 0.0769. The second kappa shape index (κ2) is 5.23. The Hall–Kier alpha value is -2.20. The number of carbonyl (C=O) groups excluding carboxylic acids is 1. The highest BCUT2D eigenvalue weighted by Gasteiger charge is 2.09. The van der Waals surface area contributed by atoms with Crippen LogP contribution in [0.5, 0.6) is 0 Å². The Morgan fingerprint density at radius 1 is 1.18 bits per heavy atom. The van der Waals surface area contributed by atoms with E-state index in [2.05, 4.69) is 10.3 Å². The van der Waals surface area contributed by atoms with Crippen molar-refractivity contribution in [2.75, 3.05) is 5.32 Å². The van der Waals surface area contributed by atoms with E-state index in [1.54, 1.807) is 30.6 Å². The molecule has 2 rings (SSSR count). The molecule has 0 aliphatic carbocycles. The van der Waals surface area contributed by atoms with Crippen LogP contribution in [0.15, 0.2) is 48.8 Å². The maximum Gasteiger partial charge on any atom is 0.255 e. The Morgan fingerprint density at radius 2 is 1.88 bits per heavy atom. The van der Waals surface area contributed by atoms with Crippen LogP contribution in [0.1, 0.15) is 15.9 Å². The number of hydrogen-bond acceptors (Lipinski definition) is 3. The van der Waals surface area contributed by atoms with Gasteiger partial charge in [0, 0.05) is 30.2 Å². The van der Waals surface area contributed by atoms with Crippen molar-refractivity contribution in [1.82, 2.24) is 4.98 Å². The predicted octanol–water partition coefficient (Wildman–Crippen LogP) is 1.79. The number of nitrogens with zero attached hydrogens (tertiary/aromatic N) is 1. The van der Waals surface area contributed by atoms with Gasteiger partial charge in [-0.15, -0.1) is 0 Å². The maximum atomic E-state index is 12.0. The molecule has 0 unspecified atom stereocenters. The average molecular weight is 227 g/mol. The minimum atomic E-state index is -0.155. The summed E-state index contributed by atoms with van der Waals surface area (Å²) in [5.74, 6) is -0.155. The van der Waals surface area contributed by atoms with Gasteiger partial charge in [0.2, 0.25) is 0 Å². The van der Waals surface area contributed by atoms with Gasteiger partial charge in [0.25, 0.3) is 5.91 Å². The maximum absolute atomic E-state index is 12.0. The van der Waals surface area contributed by atoms with E-state index in [9.17, 15) is 4.79 Å². The number of benzene rings is 1. The molecule has 4 heteroatoms. The van der Waals surface area contributed by atoms with Crippen molar-refractivity contribution in [3.63, 3.8) is 0 Å². The van der Waals surface area contributed by atoms with Crippen molar-refractivity contribution >= 4 is 11.6 Å². The van der Waals surface area contributed by atoms with Gasteiger partial charge in [0.15, 0.2) is 0 Å². The molecule has 17 heavy (non-hydrogen) atoms. The fourth-order valence-electron chi connectivity index (χ4n) is 1.55. The van der Waals surface area contributed by atoms with Crippen molar-refractivity contribution in [2.45, 2.75) is 6.54 Å². The Kier molecular flexibility index (Phi) is 3.47. The molecule has 0 spiro atoms. The lowest BCUT2D eigenvalue weighted by molar-refractivity contribution is 0.102. The highest BCUT2D eigenvalue weighted by atomic mass is 16.1. The van der Waals surface area contributed by atoms with E-state index in [1.165, 1.54) is 0 Å². The molecular weight excluding hydrogens is 214 g/mol. The van der Waals surface area contributed by atoms with Crippen molar-refractivity contribution in [2.24, 2.45) is 5.73 Å². The van der Waals surface area contributed by atoms with Crippen molar-refractivity contribution in [3.05, 3.63) is 59.9 Å². The summed E-state index contributed by atoms with van der Waals surface area (Å²) in [4.78, 5) is 15.9. The molecule has 0 atom stereocenters. The molecule has 0 saturated carbocycles. The van der Waals surface area contributed by atoms with E-state index < -0.39 is 0 Å². The number of pyridine rings is 1. The first kappa shape index (κ1) is 11.3. The lowest BCUT2D eigenvalue weighted by atomic mass is 10.1. The summed E-state index contributed by atoms with van der Waals surface area (Å²) in [5, 5.41) is 2.80. The molecule has 1 aromatic heterocycles. The molecule has 1 amide bonds. The third-order valence-corrected chi connectivity index (χ3v) is 2.42. The molecule has 0 bridgehead atoms. The van der Waals surface area contributed by atoms with E-state index in [0.717, 1.165) is 11.3 Å². The minimum absolute atomic E-state index is 0.155. The summed E-state index contributed by atoms with van der Waals surface area (Å²) < 4.78 is 0. The Bertz CT molecular complexity index is 511. The van der Waals surface area contributed by atoms with Crippen molar-refractivity contribution in [1.29, 1.82) is 0 Å². The standard InChI is InChI=1S/C13H13N3O/c14-9-10-3-1-2-4-12(10)13(17)16-11-5-7-15-8-6-11/h1-8H,9,14H2,(H,15,16,17). The van der Waals surface area contributed by atoms with Crippen LogP contribution in [0.3, 0.4) is 0 Å². The Morgan fingerprint density at radius 3 is 2.59 bits per heavy atom. The summed E-state index contributed by atoms with van der Waals surface area (Å²) in [5.41, 5.74) is 7.75. The molecule has 0 fully saturated rings. The summed E-state index contributed by atoms with van der Waals surface area (Å²) in [6.07, 6.45) is 3.26. The number of nitrogens with one attached hydrogen (secondary N) is 1. The summed E-state index contributed by atoms with van der Waals surface area (Å²) in [6.45, 7) is 0.347. The fourth-order valence-corrected chi connectivity index (χ4v) is 1.55. The number of amides is 1. The summed E-state index contributed by atoms with van der Waals surface area (Å²) >= 11 is 0. The van der Waals surface area contributed by atoms with Gasteiger partial charge in [-0.1, -0.05) is 18.2 Å². The zero-order valence-electron chi connectivity index (χ0n) is 9.26. The molecule has 1 heterocycles. The van der Waals surface area contributed by atoms with E-state index >= 15 is 0 Å². The number of nitrogens with two attached hydrogens (primary N) is 1. The molecule has 4 nitrogen and oxygen atoms in total. The van der Waals surface area contributed by atoms with E-state index in [-0.39, 0.29) is 5.91 Å². The molecular formula is C13H13N3O. The SMILES string of the molecule is NCc1ccccc1C(=O)Nc1ccncc1. The lowest BCUT2D eigenvalue weighted by Crippen LogP contribution is -2.15. The molecule has 0 aliphatic heterocycles. The molecule has 0 aliphatic rings. The smallest absolute Gasteiger partial charge is 0.255 e. The molecule has 1 aromatic carbocycles. The van der Waals surface area contributed by atoms with Crippen molar-refractivity contribution < 1.29 is 4.79 Å². The van der Waals surface area contributed by atoms with Gasteiger partial charge in [-0.05, 0) is 23.8 Å². The average Bonchev–Trinajstić information content (AvgIpc) is 2.40. The second-order valence-corrected chi connectivity index (χ2v) is 3.55. The number of carbonyl (C=O) groups is 1. The first-order valence-electron chi connectivity index (χ1n) is 5.30. The Balaban J connectivity index is 2.20. The van der Waals surface area contributed by atoms with E-state index in [4.69, 9.17) is 5.73 Å². The van der Waals surface area contributed by atoms with Gasteiger partial charge in [-0.3, -0.25) is 9.78 Å². The van der Waals surface area contributed by atoms with Crippen LogP contribution >= 0.6 is 0 Å². The van der Waals surface area contributed by atoms with Crippen LogP contribution in [0.25, 0.3) is 0 Å². The van der Waals surface area contributed by atoms with Gasteiger partial charge in [0.05, 0.1) is 0 Å². The molecule has 2 aromatic rings. The molecule has 86 valence electrons. The van der Waals surface area contributed by atoms with Gasteiger partial charge < -0.3 is 11.1 Å².